The molecule has 0 aliphatic heterocycles. The summed E-state index contributed by atoms with van der Waals surface area (Å²) in [6.45, 7) is 6.63. The molecule has 2 rings (SSSR count). The number of aromatic nitrogens is 1. The zero-order valence-corrected chi connectivity index (χ0v) is 10.3. The van der Waals surface area contributed by atoms with Gasteiger partial charge >= 0.3 is 0 Å². The molecule has 0 aromatic carbocycles. The zero-order valence-electron chi connectivity index (χ0n) is 10.3. The second kappa shape index (κ2) is 4.65. The SMILES string of the molecule is CC1=CC=C(c2cc(C(C)C)ccn2)CC1. The van der Waals surface area contributed by atoms with Crippen LogP contribution >= 0.6 is 0 Å². The molecule has 0 bridgehead atoms. The van der Waals surface area contributed by atoms with E-state index in [0.717, 1.165) is 12.1 Å². The Morgan fingerprint density at radius 3 is 2.62 bits per heavy atom. The average Bonchev–Trinajstić information content (AvgIpc) is 2.30. The molecule has 0 fully saturated rings. The van der Waals surface area contributed by atoms with E-state index in [1.807, 2.05) is 6.20 Å². The lowest BCUT2D eigenvalue weighted by atomic mass is 9.95. The maximum atomic E-state index is 4.47. The summed E-state index contributed by atoms with van der Waals surface area (Å²) in [6, 6.07) is 4.34. The highest BCUT2D eigenvalue weighted by Gasteiger charge is 2.08. The Labute approximate surface area is 97.9 Å². The van der Waals surface area contributed by atoms with Crippen molar-refractivity contribution in [1.82, 2.24) is 4.98 Å². The largest absolute Gasteiger partial charge is 0.257 e. The highest BCUT2D eigenvalue weighted by molar-refractivity contribution is 5.66. The third kappa shape index (κ3) is 2.41. The van der Waals surface area contributed by atoms with Gasteiger partial charge in [-0.2, -0.15) is 0 Å². The third-order valence-electron chi connectivity index (χ3n) is 3.14. The van der Waals surface area contributed by atoms with Gasteiger partial charge in [-0.15, -0.1) is 0 Å². The van der Waals surface area contributed by atoms with Gasteiger partial charge in [-0.05, 0) is 49.0 Å². The van der Waals surface area contributed by atoms with Crippen LogP contribution < -0.4 is 0 Å². The first-order chi connectivity index (χ1) is 7.66. The molecule has 0 N–H and O–H groups in total. The number of nitrogens with zero attached hydrogens (tertiary/aromatic N) is 1. The Bertz CT molecular complexity index is 439. The fraction of sp³-hybridized carbons (Fsp3) is 0.400. The van der Waals surface area contributed by atoms with Gasteiger partial charge in [0.2, 0.25) is 0 Å². The van der Waals surface area contributed by atoms with Gasteiger partial charge < -0.3 is 0 Å². The molecule has 0 spiro atoms. The Kier molecular flexibility index (Phi) is 3.23. The van der Waals surface area contributed by atoms with Crippen molar-refractivity contribution in [3.8, 4) is 0 Å². The van der Waals surface area contributed by atoms with E-state index >= 15 is 0 Å². The van der Waals surface area contributed by atoms with Gasteiger partial charge in [0.05, 0.1) is 5.69 Å². The lowest BCUT2D eigenvalue weighted by Crippen LogP contribution is -1.96. The first kappa shape index (κ1) is 11.1. The van der Waals surface area contributed by atoms with Gasteiger partial charge in [0, 0.05) is 6.20 Å². The van der Waals surface area contributed by atoms with Crippen LogP contribution in [0.25, 0.3) is 5.57 Å². The summed E-state index contributed by atoms with van der Waals surface area (Å²) in [7, 11) is 0. The van der Waals surface area contributed by atoms with Crippen LogP contribution in [0.5, 0.6) is 0 Å². The fourth-order valence-corrected chi connectivity index (χ4v) is 1.94. The Morgan fingerprint density at radius 1 is 1.19 bits per heavy atom. The van der Waals surface area contributed by atoms with Crippen LogP contribution in [0.15, 0.2) is 36.1 Å². The molecule has 16 heavy (non-hydrogen) atoms. The molecule has 1 aliphatic rings. The molecule has 1 aromatic rings. The van der Waals surface area contributed by atoms with E-state index < -0.39 is 0 Å². The van der Waals surface area contributed by atoms with Gasteiger partial charge in [-0.1, -0.05) is 31.6 Å². The number of allylic oxidation sites excluding steroid dienone is 4. The average molecular weight is 213 g/mol. The van der Waals surface area contributed by atoms with E-state index in [1.165, 1.54) is 23.1 Å². The molecule has 0 amide bonds. The van der Waals surface area contributed by atoms with Crippen LogP contribution in [0.1, 0.15) is 50.8 Å². The Hall–Kier alpha value is -1.37. The van der Waals surface area contributed by atoms with Crippen molar-refractivity contribution in [1.29, 1.82) is 0 Å². The minimum absolute atomic E-state index is 0.572. The van der Waals surface area contributed by atoms with Gasteiger partial charge in [0.1, 0.15) is 0 Å². The van der Waals surface area contributed by atoms with Crippen molar-refractivity contribution < 1.29 is 0 Å². The molecule has 1 nitrogen and oxygen atoms in total. The van der Waals surface area contributed by atoms with Crippen LogP contribution in [0.3, 0.4) is 0 Å². The van der Waals surface area contributed by atoms with E-state index in [4.69, 9.17) is 0 Å². The molecule has 0 unspecified atom stereocenters. The maximum Gasteiger partial charge on any atom is 0.0664 e. The highest BCUT2D eigenvalue weighted by Crippen LogP contribution is 2.26. The molecular formula is C15H19N. The van der Waals surface area contributed by atoms with Crippen molar-refractivity contribution in [3.05, 3.63) is 47.3 Å². The third-order valence-corrected chi connectivity index (χ3v) is 3.14. The van der Waals surface area contributed by atoms with Gasteiger partial charge in [-0.3, -0.25) is 4.98 Å². The molecule has 0 saturated carbocycles. The molecule has 0 radical (unpaired) electrons. The molecular weight excluding hydrogens is 194 g/mol. The zero-order chi connectivity index (χ0) is 11.5. The molecule has 0 atom stereocenters. The van der Waals surface area contributed by atoms with Crippen molar-refractivity contribution in [3.63, 3.8) is 0 Å². The van der Waals surface area contributed by atoms with Crippen molar-refractivity contribution in [2.45, 2.75) is 39.5 Å². The Balaban J connectivity index is 2.31. The fourth-order valence-electron chi connectivity index (χ4n) is 1.94. The van der Waals surface area contributed by atoms with E-state index in [1.54, 1.807) is 0 Å². The second-order valence-electron chi connectivity index (χ2n) is 4.83. The van der Waals surface area contributed by atoms with Crippen molar-refractivity contribution in [2.24, 2.45) is 0 Å². The summed E-state index contributed by atoms with van der Waals surface area (Å²) in [4.78, 5) is 4.47. The first-order valence-corrected chi connectivity index (χ1v) is 5.99. The number of hydrogen-bond acceptors (Lipinski definition) is 1. The smallest absolute Gasteiger partial charge is 0.0664 e. The van der Waals surface area contributed by atoms with Crippen LogP contribution in [0.4, 0.5) is 0 Å². The number of hydrogen-bond donors (Lipinski definition) is 0. The van der Waals surface area contributed by atoms with E-state index in [-0.39, 0.29) is 0 Å². The van der Waals surface area contributed by atoms with Crippen LogP contribution in [0.2, 0.25) is 0 Å². The lowest BCUT2D eigenvalue weighted by Gasteiger charge is -2.13. The normalized spacial score (nSPS) is 16.0. The summed E-state index contributed by atoms with van der Waals surface area (Å²) in [5, 5.41) is 0. The second-order valence-corrected chi connectivity index (χ2v) is 4.83. The summed E-state index contributed by atoms with van der Waals surface area (Å²) >= 11 is 0. The molecule has 0 saturated heterocycles. The molecule has 1 aliphatic carbocycles. The topological polar surface area (TPSA) is 12.9 Å². The van der Waals surface area contributed by atoms with E-state index in [2.05, 4.69) is 50.0 Å². The summed E-state index contributed by atoms with van der Waals surface area (Å²) in [6.07, 6.45) is 8.64. The summed E-state index contributed by atoms with van der Waals surface area (Å²) < 4.78 is 0. The first-order valence-electron chi connectivity index (χ1n) is 5.99. The quantitative estimate of drug-likeness (QED) is 0.712. The summed E-state index contributed by atoms with van der Waals surface area (Å²) in [5.41, 5.74) is 5.35. The van der Waals surface area contributed by atoms with Gasteiger partial charge in [0.25, 0.3) is 0 Å². The number of rotatable bonds is 2. The maximum absolute atomic E-state index is 4.47. The lowest BCUT2D eigenvalue weighted by molar-refractivity contribution is 0.860. The minimum Gasteiger partial charge on any atom is -0.257 e. The minimum atomic E-state index is 0.572. The van der Waals surface area contributed by atoms with Gasteiger partial charge in [0.15, 0.2) is 0 Å². The predicted octanol–water partition coefficient (Wildman–Crippen LogP) is 4.33. The number of pyridine rings is 1. The molecule has 1 heterocycles. The summed E-state index contributed by atoms with van der Waals surface area (Å²) in [5.74, 6) is 0.572. The molecule has 1 aromatic heterocycles. The van der Waals surface area contributed by atoms with Crippen LogP contribution in [0, 0.1) is 0 Å². The van der Waals surface area contributed by atoms with E-state index in [0.29, 0.717) is 5.92 Å². The van der Waals surface area contributed by atoms with Crippen molar-refractivity contribution in [2.75, 3.05) is 0 Å². The van der Waals surface area contributed by atoms with Crippen LogP contribution in [-0.2, 0) is 0 Å². The monoisotopic (exact) mass is 213 g/mol. The van der Waals surface area contributed by atoms with Gasteiger partial charge in [-0.25, -0.2) is 0 Å². The standard InChI is InChI=1S/C15H19N/c1-11(2)14-8-9-16-15(10-14)13-6-4-12(3)5-7-13/h4,6,8-11H,5,7H2,1-3H3. The van der Waals surface area contributed by atoms with E-state index in [9.17, 15) is 0 Å². The Morgan fingerprint density at radius 2 is 2.00 bits per heavy atom. The van der Waals surface area contributed by atoms with Crippen LogP contribution in [-0.4, -0.2) is 4.98 Å². The molecule has 84 valence electrons. The highest BCUT2D eigenvalue weighted by atomic mass is 14.7. The van der Waals surface area contributed by atoms with Crippen molar-refractivity contribution >= 4 is 5.57 Å². The predicted molar refractivity (Wildman–Crippen MR) is 69.3 cm³/mol. The molecule has 1 heteroatoms.